The van der Waals surface area contributed by atoms with Gasteiger partial charge in [-0.15, -0.1) is 6.42 Å². The van der Waals surface area contributed by atoms with E-state index >= 15 is 0 Å². The number of rotatable bonds is 5. The Labute approximate surface area is 230 Å². The summed E-state index contributed by atoms with van der Waals surface area (Å²) >= 11 is 0. The second-order valence-corrected chi connectivity index (χ2v) is 10.5. The van der Waals surface area contributed by atoms with E-state index in [1.165, 1.54) is 0 Å². The lowest BCUT2D eigenvalue weighted by Crippen LogP contribution is -2.68. The topological polar surface area (TPSA) is 78.3 Å². The third-order valence-corrected chi connectivity index (χ3v) is 8.08. The average Bonchev–Trinajstić information content (AvgIpc) is 3.62. The van der Waals surface area contributed by atoms with Gasteiger partial charge in [0.15, 0.2) is 0 Å². The summed E-state index contributed by atoms with van der Waals surface area (Å²) in [4.78, 5) is 9.50. The van der Waals surface area contributed by atoms with Crippen LogP contribution in [0.5, 0.6) is 0 Å². The number of halogens is 1. The largest absolute Gasteiger partial charge is 0.353 e. The van der Waals surface area contributed by atoms with Crippen molar-refractivity contribution in [2.45, 2.75) is 25.0 Å². The number of aryl methyl sites for hydroxylation is 1. The second-order valence-electron chi connectivity index (χ2n) is 10.5. The standard InChI is InChI=1S/C31H25FN8/c1-3-20-5-4-6-22(30(20)32)16-39-26-10-27(39)19-38(18-26)29-8-7-21(12-34-29)28-9-23(25-14-35-37(2)15-25)17-40-31(28)24(11-33)13-36-40/h1,4-9,12-15,17,26-27H,10,16,18-19H2,2H3. The summed E-state index contributed by atoms with van der Waals surface area (Å²) in [7, 11) is 1.88. The van der Waals surface area contributed by atoms with Crippen molar-refractivity contribution in [3.05, 3.63) is 89.9 Å². The van der Waals surface area contributed by atoms with E-state index in [9.17, 15) is 9.65 Å². The summed E-state index contributed by atoms with van der Waals surface area (Å²) in [6, 6.07) is 14.4. The van der Waals surface area contributed by atoms with Gasteiger partial charge in [0.2, 0.25) is 0 Å². The highest BCUT2D eigenvalue weighted by atomic mass is 19.1. The molecule has 0 N–H and O–H groups in total. The minimum absolute atomic E-state index is 0.288. The molecular formula is C31H25FN8. The first-order chi connectivity index (χ1) is 19.5. The van der Waals surface area contributed by atoms with Crippen LogP contribution in [0.3, 0.4) is 0 Å². The Morgan fingerprint density at radius 1 is 1.00 bits per heavy atom. The van der Waals surface area contributed by atoms with Crippen molar-refractivity contribution >= 4 is 11.3 Å². The van der Waals surface area contributed by atoms with Crippen LogP contribution in [-0.2, 0) is 13.6 Å². The van der Waals surface area contributed by atoms with Crippen LogP contribution in [0, 0.1) is 29.5 Å². The summed E-state index contributed by atoms with van der Waals surface area (Å²) in [5, 5.41) is 18.4. The quantitative estimate of drug-likeness (QED) is 0.318. The Kier molecular flexibility index (Phi) is 5.62. The Morgan fingerprint density at radius 2 is 1.85 bits per heavy atom. The van der Waals surface area contributed by atoms with Gasteiger partial charge in [-0.25, -0.2) is 13.9 Å². The molecule has 0 saturated carbocycles. The molecule has 0 spiro atoms. The number of fused-ring (bicyclic) bond motifs is 3. The number of piperazine rings is 1. The lowest BCUT2D eigenvalue weighted by Gasteiger charge is -2.56. The monoisotopic (exact) mass is 528 g/mol. The lowest BCUT2D eigenvalue weighted by atomic mass is 9.86. The minimum atomic E-state index is -0.288. The average molecular weight is 529 g/mol. The van der Waals surface area contributed by atoms with Gasteiger partial charge >= 0.3 is 0 Å². The van der Waals surface area contributed by atoms with Crippen LogP contribution < -0.4 is 4.90 Å². The summed E-state index contributed by atoms with van der Waals surface area (Å²) in [5.74, 6) is 3.05. The first kappa shape index (κ1) is 24.1. The molecule has 40 heavy (non-hydrogen) atoms. The second kappa shape index (κ2) is 9.33. The van der Waals surface area contributed by atoms with E-state index in [4.69, 9.17) is 11.4 Å². The summed E-state index contributed by atoms with van der Waals surface area (Å²) in [6.07, 6.45) is 15.7. The first-order valence-corrected chi connectivity index (χ1v) is 13.1. The van der Waals surface area contributed by atoms with E-state index < -0.39 is 0 Å². The molecule has 3 fully saturated rings. The number of nitrogens with zero attached hydrogens (tertiary/aromatic N) is 8. The van der Waals surface area contributed by atoms with E-state index in [2.05, 4.69) is 44.1 Å². The molecule has 0 amide bonds. The Morgan fingerprint density at radius 3 is 2.55 bits per heavy atom. The predicted octanol–water partition coefficient (Wildman–Crippen LogP) is 4.25. The van der Waals surface area contributed by atoms with Gasteiger partial charge in [0.1, 0.15) is 17.7 Å². The van der Waals surface area contributed by atoms with E-state index in [1.54, 1.807) is 21.5 Å². The van der Waals surface area contributed by atoms with Crippen molar-refractivity contribution in [3.8, 4) is 40.7 Å². The highest BCUT2D eigenvalue weighted by molar-refractivity contribution is 5.87. The number of terminal acetylenes is 1. The molecule has 2 atom stereocenters. The fourth-order valence-corrected chi connectivity index (χ4v) is 6.03. The highest BCUT2D eigenvalue weighted by Gasteiger charge is 2.45. The number of benzene rings is 1. The van der Waals surface area contributed by atoms with E-state index in [0.717, 1.165) is 53.1 Å². The lowest BCUT2D eigenvalue weighted by molar-refractivity contribution is -0.00946. The van der Waals surface area contributed by atoms with Crippen LogP contribution in [0.1, 0.15) is 23.1 Å². The van der Waals surface area contributed by atoms with Gasteiger partial charge in [0.05, 0.1) is 29.0 Å². The summed E-state index contributed by atoms with van der Waals surface area (Å²) in [6.45, 7) is 2.23. The molecule has 2 bridgehead atoms. The Balaban J connectivity index is 1.14. The van der Waals surface area contributed by atoms with Crippen molar-refractivity contribution in [2.24, 2.45) is 7.05 Å². The maximum atomic E-state index is 14.7. The van der Waals surface area contributed by atoms with Crippen LogP contribution in [0.25, 0.3) is 27.8 Å². The first-order valence-electron chi connectivity index (χ1n) is 13.1. The van der Waals surface area contributed by atoms with Crippen molar-refractivity contribution in [3.63, 3.8) is 0 Å². The molecular weight excluding hydrogens is 503 g/mol. The van der Waals surface area contributed by atoms with Gasteiger partial charge in [0, 0.05) is 85.2 Å². The van der Waals surface area contributed by atoms with Gasteiger partial charge in [0.25, 0.3) is 0 Å². The van der Waals surface area contributed by atoms with Crippen molar-refractivity contribution in [1.29, 1.82) is 5.26 Å². The van der Waals surface area contributed by atoms with Crippen LogP contribution >= 0.6 is 0 Å². The summed E-state index contributed by atoms with van der Waals surface area (Å²) in [5.41, 5.74) is 5.94. The van der Waals surface area contributed by atoms with Crippen molar-refractivity contribution in [1.82, 2.24) is 29.3 Å². The minimum Gasteiger partial charge on any atom is -0.353 e. The number of anilines is 1. The number of hydrogen-bond donors (Lipinski definition) is 0. The maximum absolute atomic E-state index is 14.7. The molecule has 3 saturated heterocycles. The van der Waals surface area contributed by atoms with Crippen molar-refractivity contribution in [2.75, 3.05) is 18.0 Å². The number of hydrogen-bond acceptors (Lipinski definition) is 6. The van der Waals surface area contributed by atoms with Crippen LogP contribution in [0.2, 0.25) is 0 Å². The number of piperidine rings is 1. The van der Waals surface area contributed by atoms with Gasteiger partial charge in [-0.2, -0.15) is 15.5 Å². The molecule has 2 unspecified atom stereocenters. The molecule has 4 aromatic heterocycles. The molecule has 3 aliphatic rings. The van der Waals surface area contributed by atoms with Gasteiger partial charge in [-0.3, -0.25) is 9.58 Å². The number of aromatic nitrogens is 5. The zero-order valence-corrected chi connectivity index (χ0v) is 21.9. The zero-order chi connectivity index (χ0) is 27.4. The molecule has 0 aliphatic carbocycles. The molecule has 0 radical (unpaired) electrons. The number of nitriles is 1. The SMILES string of the molecule is C#Cc1cccc(CN2C3CC2CN(c2ccc(-c4cc(-c5cnn(C)c5)cn5ncc(C#N)c45)cn2)C3)c1F. The van der Waals surface area contributed by atoms with Crippen LogP contribution in [-0.4, -0.2) is 54.5 Å². The van der Waals surface area contributed by atoms with Gasteiger partial charge in [-0.1, -0.05) is 18.1 Å². The number of pyridine rings is 2. The van der Waals surface area contributed by atoms with Crippen LogP contribution in [0.4, 0.5) is 10.2 Å². The van der Waals surface area contributed by atoms with Crippen LogP contribution in [0.15, 0.2) is 67.4 Å². The molecule has 5 aromatic rings. The Bertz CT molecular complexity index is 1830. The Hall–Kier alpha value is -4.99. The highest BCUT2D eigenvalue weighted by Crippen LogP contribution is 2.37. The third kappa shape index (κ3) is 3.91. The smallest absolute Gasteiger partial charge is 0.143 e. The molecule has 9 heteroatoms. The normalized spacial score (nSPS) is 18.4. The molecule has 7 heterocycles. The fraction of sp³-hybridized carbons (Fsp3) is 0.226. The molecule has 196 valence electrons. The molecule has 3 aliphatic heterocycles. The summed E-state index contributed by atoms with van der Waals surface area (Å²) < 4.78 is 18.2. The third-order valence-electron chi connectivity index (χ3n) is 8.08. The predicted molar refractivity (Wildman–Crippen MR) is 150 cm³/mol. The van der Waals surface area contributed by atoms with E-state index in [-0.39, 0.29) is 5.82 Å². The molecule has 8 nitrogen and oxygen atoms in total. The zero-order valence-electron chi connectivity index (χ0n) is 21.9. The van der Waals surface area contributed by atoms with Crippen molar-refractivity contribution < 1.29 is 4.39 Å². The molecule has 8 rings (SSSR count). The maximum Gasteiger partial charge on any atom is 0.143 e. The molecule has 1 aromatic carbocycles. The van der Waals surface area contributed by atoms with Gasteiger partial charge < -0.3 is 4.90 Å². The van der Waals surface area contributed by atoms with E-state index in [1.807, 2.05) is 50.0 Å². The van der Waals surface area contributed by atoms with Gasteiger partial charge in [-0.05, 0) is 30.7 Å². The fourth-order valence-electron chi connectivity index (χ4n) is 6.03. The van der Waals surface area contributed by atoms with E-state index in [0.29, 0.717) is 35.3 Å².